The van der Waals surface area contributed by atoms with Gasteiger partial charge in [0.15, 0.2) is 0 Å². The second-order valence-electron chi connectivity index (χ2n) is 9.34. The van der Waals surface area contributed by atoms with Crippen LogP contribution in [0.25, 0.3) is 11.3 Å². The molecular formula is C23H23F2N5O2S. The van der Waals surface area contributed by atoms with E-state index in [2.05, 4.69) is 33.8 Å². The average Bonchev–Trinajstić information content (AvgIpc) is 3.13. The first-order valence-corrected chi connectivity index (χ1v) is 12.5. The van der Waals surface area contributed by atoms with Crippen LogP contribution < -0.4 is 4.72 Å². The highest BCUT2D eigenvalue weighted by molar-refractivity contribution is 7.88. The summed E-state index contributed by atoms with van der Waals surface area (Å²) in [6.07, 6.45) is 5.95. The molecule has 10 heteroatoms. The minimum Gasteiger partial charge on any atom is -0.261 e. The summed E-state index contributed by atoms with van der Waals surface area (Å²) >= 11 is 0. The van der Waals surface area contributed by atoms with E-state index in [-0.39, 0.29) is 29.1 Å². The van der Waals surface area contributed by atoms with Crippen molar-refractivity contribution in [3.8, 4) is 11.3 Å². The van der Waals surface area contributed by atoms with E-state index >= 15 is 0 Å². The Morgan fingerprint density at radius 1 is 1.15 bits per heavy atom. The van der Waals surface area contributed by atoms with Crippen LogP contribution in [0.3, 0.4) is 0 Å². The van der Waals surface area contributed by atoms with Gasteiger partial charge in [-0.1, -0.05) is 19.9 Å². The van der Waals surface area contributed by atoms with Gasteiger partial charge in [0.1, 0.15) is 11.6 Å². The molecule has 2 atom stereocenters. The Morgan fingerprint density at radius 2 is 1.88 bits per heavy atom. The highest BCUT2D eigenvalue weighted by Gasteiger charge is 2.65. The predicted molar refractivity (Wildman–Crippen MR) is 118 cm³/mol. The molecule has 1 N–H and O–H groups in total. The standard InChI is InChI=1S/C23H23F2N5O2S/c1-22(2)15-7-8-23(22,19-12-26-10-13(28-19)11-27-33(3,31)32)21-14(15)9-18(29-30-21)20-16(24)5-4-6-17(20)25/h4-6,9-10,12,15,27H,7-8,11H2,1-3H3/t15-,23-/m0/s1. The fourth-order valence-corrected chi connectivity index (χ4v) is 6.07. The van der Waals surface area contributed by atoms with Crippen molar-refractivity contribution in [3.05, 3.63) is 70.9 Å². The van der Waals surface area contributed by atoms with Crippen LogP contribution in [0.1, 0.15) is 55.3 Å². The second-order valence-corrected chi connectivity index (χ2v) is 11.2. The smallest absolute Gasteiger partial charge is 0.209 e. The zero-order valence-electron chi connectivity index (χ0n) is 18.4. The highest BCUT2D eigenvalue weighted by atomic mass is 32.2. The molecule has 2 bridgehead atoms. The first kappa shape index (κ1) is 22.0. The van der Waals surface area contributed by atoms with Gasteiger partial charge in [-0.2, -0.15) is 5.10 Å². The monoisotopic (exact) mass is 471 g/mol. The number of rotatable bonds is 5. The quantitative estimate of drug-likeness (QED) is 0.612. The summed E-state index contributed by atoms with van der Waals surface area (Å²) in [5.41, 5.74) is 1.95. The highest BCUT2D eigenvalue weighted by Crippen LogP contribution is 2.69. The molecule has 1 fully saturated rings. The molecule has 2 aromatic heterocycles. The molecule has 33 heavy (non-hydrogen) atoms. The van der Waals surface area contributed by atoms with Crippen molar-refractivity contribution in [1.29, 1.82) is 0 Å². The number of hydrogen-bond donors (Lipinski definition) is 1. The van der Waals surface area contributed by atoms with Crippen molar-refractivity contribution < 1.29 is 17.2 Å². The zero-order chi connectivity index (χ0) is 23.6. The molecule has 172 valence electrons. The van der Waals surface area contributed by atoms with Crippen LogP contribution in [-0.2, 0) is 22.0 Å². The SMILES string of the molecule is CC1(C)[C@H]2CC[C@]1(c1cncc(CNS(C)(=O)=O)n1)c1nnc(-c3c(F)cccc3F)cc12. The summed E-state index contributed by atoms with van der Waals surface area (Å²) in [4.78, 5) is 9.08. The molecule has 1 saturated carbocycles. The summed E-state index contributed by atoms with van der Waals surface area (Å²) in [5, 5.41) is 8.72. The molecular weight excluding hydrogens is 448 g/mol. The van der Waals surface area contributed by atoms with Crippen molar-refractivity contribution in [2.75, 3.05) is 6.26 Å². The first-order chi connectivity index (χ1) is 15.5. The Labute approximate surface area is 190 Å². The molecule has 0 spiro atoms. The largest absolute Gasteiger partial charge is 0.261 e. The van der Waals surface area contributed by atoms with Crippen molar-refractivity contribution >= 4 is 10.0 Å². The molecule has 7 nitrogen and oxygen atoms in total. The molecule has 2 aliphatic carbocycles. The number of fused-ring (bicyclic) bond motifs is 5. The van der Waals surface area contributed by atoms with Gasteiger partial charge in [0.25, 0.3) is 0 Å². The van der Waals surface area contributed by atoms with Crippen LogP contribution in [0, 0.1) is 17.0 Å². The van der Waals surface area contributed by atoms with Crippen LogP contribution in [0.5, 0.6) is 0 Å². The van der Waals surface area contributed by atoms with Crippen LogP contribution in [0.4, 0.5) is 8.78 Å². The maximum absolute atomic E-state index is 14.4. The summed E-state index contributed by atoms with van der Waals surface area (Å²) < 4.78 is 54.2. The molecule has 2 aliphatic rings. The molecule has 1 aromatic carbocycles. The third-order valence-electron chi connectivity index (χ3n) is 7.24. The average molecular weight is 472 g/mol. The van der Waals surface area contributed by atoms with E-state index in [1.165, 1.54) is 24.4 Å². The molecule has 5 rings (SSSR count). The van der Waals surface area contributed by atoms with E-state index in [0.29, 0.717) is 11.4 Å². The third-order valence-corrected chi connectivity index (χ3v) is 7.91. The minimum atomic E-state index is -3.38. The fourth-order valence-electron chi connectivity index (χ4n) is 5.66. The molecule has 0 saturated heterocycles. The molecule has 0 aliphatic heterocycles. The Bertz CT molecular complexity index is 1360. The van der Waals surface area contributed by atoms with Gasteiger partial charge in [-0.05, 0) is 47.9 Å². The van der Waals surface area contributed by atoms with Gasteiger partial charge in [-0.3, -0.25) is 9.97 Å². The number of aromatic nitrogens is 4. The van der Waals surface area contributed by atoms with Gasteiger partial charge in [0.2, 0.25) is 10.0 Å². The van der Waals surface area contributed by atoms with Crippen LogP contribution >= 0.6 is 0 Å². The topological polar surface area (TPSA) is 97.7 Å². The van der Waals surface area contributed by atoms with Crippen molar-refractivity contribution in [2.24, 2.45) is 5.41 Å². The van der Waals surface area contributed by atoms with Gasteiger partial charge >= 0.3 is 0 Å². The minimum absolute atomic E-state index is 0.0314. The predicted octanol–water partition coefficient (Wildman–Crippen LogP) is 3.46. The Hall–Kier alpha value is -2.85. The Balaban J connectivity index is 1.63. The molecule has 3 aromatic rings. The summed E-state index contributed by atoms with van der Waals surface area (Å²) in [7, 11) is -3.38. The number of hydrogen-bond acceptors (Lipinski definition) is 6. The maximum Gasteiger partial charge on any atom is 0.209 e. The van der Waals surface area contributed by atoms with Gasteiger partial charge in [-0.15, -0.1) is 5.10 Å². The maximum atomic E-state index is 14.4. The lowest BCUT2D eigenvalue weighted by Gasteiger charge is -2.37. The van der Waals surface area contributed by atoms with E-state index in [4.69, 9.17) is 4.98 Å². The lowest BCUT2D eigenvalue weighted by atomic mass is 9.66. The van der Waals surface area contributed by atoms with E-state index < -0.39 is 27.1 Å². The molecule has 0 amide bonds. The number of nitrogens with zero attached hydrogens (tertiary/aromatic N) is 4. The van der Waals surface area contributed by atoms with Crippen molar-refractivity contribution in [2.45, 2.75) is 44.6 Å². The van der Waals surface area contributed by atoms with Gasteiger partial charge in [0, 0.05) is 12.4 Å². The Morgan fingerprint density at radius 3 is 2.58 bits per heavy atom. The normalized spacial score (nSPS) is 23.0. The zero-order valence-corrected chi connectivity index (χ0v) is 19.2. The van der Waals surface area contributed by atoms with Crippen LogP contribution in [0.15, 0.2) is 36.7 Å². The summed E-state index contributed by atoms with van der Waals surface area (Å²) in [6, 6.07) is 5.48. The van der Waals surface area contributed by atoms with Crippen LogP contribution in [-0.4, -0.2) is 34.8 Å². The van der Waals surface area contributed by atoms with Gasteiger partial charge < -0.3 is 0 Å². The molecule has 0 radical (unpaired) electrons. The molecule has 0 unspecified atom stereocenters. The summed E-state index contributed by atoms with van der Waals surface area (Å²) in [6.45, 7) is 4.31. The lowest BCUT2D eigenvalue weighted by molar-refractivity contribution is 0.242. The first-order valence-electron chi connectivity index (χ1n) is 10.6. The number of benzene rings is 1. The van der Waals surface area contributed by atoms with E-state index in [9.17, 15) is 17.2 Å². The van der Waals surface area contributed by atoms with Crippen molar-refractivity contribution in [1.82, 2.24) is 24.9 Å². The third kappa shape index (κ3) is 3.26. The second kappa shape index (κ2) is 7.33. The lowest BCUT2D eigenvalue weighted by Crippen LogP contribution is -2.38. The number of halogens is 2. The van der Waals surface area contributed by atoms with E-state index in [0.717, 1.165) is 30.4 Å². The van der Waals surface area contributed by atoms with Crippen molar-refractivity contribution in [3.63, 3.8) is 0 Å². The molecule has 2 heterocycles. The van der Waals surface area contributed by atoms with E-state index in [1.807, 2.05) is 0 Å². The van der Waals surface area contributed by atoms with Gasteiger partial charge in [-0.25, -0.2) is 21.9 Å². The summed E-state index contributed by atoms with van der Waals surface area (Å²) in [5.74, 6) is -1.26. The van der Waals surface area contributed by atoms with Crippen LogP contribution in [0.2, 0.25) is 0 Å². The fraction of sp³-hybridized carbons (Fsp3) is 0.391. The Kier molecular flexibility index (Phi) is 4.88. The van der Waals surface area contributed by atoms with Gasteiger partial charge in [0.05, 0.1) is 46.6 Å². The number of nitrogens with one attached hydrogen (secondary N) is 1. The van der Waals surface area contributed by atoms with E-state index in [1.54, 1.807) is 12.3 Å². The number of sulfonamides is 1.